The van der Waals surface area contributed by atoms with Crippen molar-refractivity contribution >= 4 is 5.97 Å². The number of ether oxygens (including phenoxy) is 1. The van der Waals surface area contributed by atoms with E-state index in [4.69, 9.17) is 4.74 Å². The van der Waals surface area contributed by atoms with Crippen molar-refractivity contribution in [2.45, 2.75) is 189 Å². The highest BCUT2D eigenvalue weighted by atomic mass is 16.5. The molecule has 1 fully saturated rings. The van der Waals surface area contributed by atoms with Crippen LogP contribution in [0.2, 0.25) is 0 Å². The fourth-order valence-electron chi connectivity index (χ4n) is 7.83. The highest BCUT2D eigenvalue weighted by Crippen LogP contribution is 2.45. The first-order valence-electron chi connectivity index (χ1n) is 19.1. The number of phenols is 2. The second kappa shape index (κ2) is 14.1. The van der Waals surface area contributed by atoms with Gasteiger partial charge in [0.05, 0.1) is 6.07 Å². The number of carbonyl (C=O) groups excluding carboxylic acids is 1. The minimum atomic E-state index is -1.58. The number of nitrogens with zero attached hydrogens (tertiary/aromatic N) is 1. The summed E-state index contributed by atoms with van der Waals surface area (Å²) in [7, 11) is 0. The molecule has 2 aromatic rings. The Bertz CT molecular complexity index is 1480. The van der Waals surface area contributed by atoms with Crippen molar-refractivity contribution in [3.05, 3.63) is 57.6 Å². The van der Waals surface area contributed by atoms with Gasteiger partial charge in [-0.25, -0.2) is 0 Å². The van der Waals surface area contributed by atoms with Gasteiger partial charge in [-0.1, -0.05) is 128 Å². The molecular weight excluding hydrogens is 633 g/mol. The van der Waals surface area contributed by atoms with E-state index in [-0.39, 0.29) is 69.1 Å². The zero-order valence-corrected chi connectivity index (χ0v) is 35.2. The second-order valence-corrected chi connectivity index (χ2v) is 20.4. The number of benzene rings is 2. The lowest BCUT2D eigenvalue weighted by Gasteiger charge is -2.53. The Kier molecular flexibility index (Phi) is 11.7. The van der Waals surface area contributed by atoms with Crippen molar-refractivity contribution in [2.75, 3.05) is 0 Å². The third kappa shape index (κ3) is 8.95. The summed E-state index contributed by atoms with van der Waals surface area (Å²) in [5, 5.41) is 38.3. The number of rotatable bonds is 8. The highest BCUT2D eigenvalue weighted by Gasteiger charge is 2.50. The molecule has 0 bridgehead atoms. The quantitative estimate of drug-likeness (QED) is 0.237. The van der Waals surface area contributed by atoms with E-state index >= 15 is 4.79 Å². The molecule has 3 rings (SSSR count). The van der Waals surface area contributed by atoms with Crippen LogP contribution in [-0.4, -0.2) is 33.4 Å². The Morgan fingerprint density at radius 2 is 1.12 bits per heavy atom. The summed E-state index contributed by atoms with van der Waals surface area (Å²) in [6, 6.07) is 10.4. The first kappa shape index (κ1) is 42.4. The molecule has 51 heavy (non-hydrogen) atoms. The largest absolute Gasteiger partial charge is 0.507 e. The van der Waals surface area contributed by atoms with E-state index < -0.39 is 11.4 Å². The molecule has 0 amide bonds. The minimum Gasteiger partial charge on any atom is -0.507 e. The molecule has 1 saturated heterocycles. The smallest absolute Gasteiger partial charge is 0.327 e. The Morgan fingerprint density at radius 3 is 1.39 bits per heavy atom. The van der Waals surface area contributed by atoms with Gasteiger partial charge in [0.15, 0.2) is 5.41 Å². The molecule has 1 aliphatic rings. The van der Waals surface area contributed by atoms with E-state index in [1.807, 2.05) is 24.3 Å². The Morgan fingerprint density at radius 1 is 0.765 bits per heavy atom. The number of phenolic OH excluding ortho intramolecular Hbond substituents is 2. The van der Waals surface area contributed by atoms with Crippen LogP contribution < -0.4 is 5.32 Å². The molecule has 0 spiro atoms. The predicted molar refractivity (Wildman–Crippen MR) is 211 cm³/mol. The normalized spacial score (nSPS) is 23.5. The first-order chi connectivity index (χ1) is 23.0. The summed E-state index contributed by atoms with van der Waals surface area (Å²) in [5.41, 5.74) is 1.17. The molecule has 0 radical (unpaired) electrons. The number of esters is 1. The fraction of sp³-hybridized carbons (Fsp3) is 0.689. The Hall–Kier alpha value is -3.04. The number of aromatic hydroxyl groups is 2. The number of nitriles is 1. The van der Waals surface area contributed by atoms with Gasteiger partial charge in [0.1, 0.15) is 17.6 Å². The summed E-state index contributed by atoms with van der Waals surface area (Å²) >= 11 is 0. The summed E-state index contributed by atoms with van der Waals surface area (Å²) in [6.45, 7) is 35.7. The zero-order chi connectivity index (χ0) is 39.3. The van der Waals surface area contributed by atoms with Gasteiger partial charge in [0, 0.05) is 36.3 Å². The monoisotopic (exact) mass is 703 g/mol. The maximum absolute atomic E-state index is 15.0. The summed E-state index contributed by atoms with van der Waals surface area (Å²) in [6.07, 6.45) is 2.24. The molecule has 0 aromatic heterocycles. The first-order valence-corrected chi connectivity index (χ1v) is 19.1. The van der Waals surface area contributed by atoms with E-state index in [1.54, 1.807) is 0 Å². The third-order valence-electron chi connectivity index (χ3n) is 11.8. The zero-order valence-electron chi connectivity index (χ0n) is 35.2. The van der Waals surface area contributed by atoms with Gasteiger partial charge in [-0.3, -0.25) is 4.79 Å². The van der Waals surface area contributed by atoms with Crippen LogP contribution in [0.3, 0.4) is 0 Å². The average molecular weight is 703 g/mol. The molecule has 284 valence electrons. The van der Waals surface area contributed by atoms with E-state index in [9.17, 15) is 15.5 Å². The molecule has 1 aliphatic heterocycles. The van der Waals surface area contributed by atoms with Crippen LogP contribution >= 0.6 is 0 Å². The molecular formula is C45H70N2O4. The third-order valence-corrected chi connectivity index (χ3v) is 11.8. The lowest BCUT2D eigenvalue weighted by atomic mass is 9.69. The molecule has 4 atom stereocenters. The van der Waals surface area contributed by atoms with E-state index in [0.29, 0.717) is 6.42 Å². The topological polar surface area (TPSA) is 103 Å². The van der Waals surface area contributed by atoms with Crippen LogP contribution in [0.4, 0.5) is 0 Å². The van der Waals surface area contributed by atoms with Gasteiger partial charge >= 0.3 is 5.97 Å². The van der Waals surface area contributed by atoms with Crippen molar-refractivity contribution < 1.29 is 19.7 Å². The lowest BCUT2D eigenvalue weighted by molar-refractivity contribution is -0.167. The highest BCUT2D eigenvalue weighted by molar-refractivity contribution is 5.81. The number of hydrogen-bond donors (Lipinski definition) is 3. The molecule has 1 heterocycles. The van der Waals surface area contributed by atoms with E-state index in [0.717, 1.165) is 46.2 Å². The van der Waals surface area contributed by atoms with Crippen molar-refractivity contribution in [1.29, 1.82) is 5.26 Å². The predicted octanol–water partition coefficient (Wildman–Crippen LogP) is 10.5. The summed E-state index contributed by atoms with van der Waals surface area (Å²) in [4.78, 5) is 15.0. The molecule has 0 aliphatic carbocycles. The van der Waals surface area contributed by atoms with Crippen LogP contribution in [0.25, 0.3) is 0 Å². The van der Waals surface area contributed by atoms with Crippen molar-refractivity contribution in [3.8, 4) is 17.6 Å². The second-order valence-electron chi connectivity index (χ2n) is 20.4. The van der Waals surface area contributed by atoms with Gasteiger partial charge in [-0.15, -0.1) is 0 Å². The molecule has 0 saturated carbocycles. The standard InChI is InChI=1S/C45H70N2O4/c1-18-43(16)26-35(28(3)44(17,19-2)47-43)51-38(50)45(27-46,24-29-20-31(39(4,5)6)36(48)32(21-29)40(7,8)9)25-30-22-33(41(10,11)12)37(49)34(23-30)42(13,14)15/h20-23,28,35,47-49H,18-19,24-26H2,1-17H3. The van der Waals surface area contributed by atoms with Crippen LogP contribution in [0.5, 0.6) is 11.5 Å². The van der Waals surface area contributed by atoms with E-state index in [1.165, 1.54) is 0 Å². The molecule has 6 nitrogen and oxygen atoms in total. The lowest BCUT2D eigenvalue weighted by Crippen LogP contribution is -2.66. The van der Waals surface area contributed by atoms with Gasteiger partial charge < -0.3 is 20.3 Å². The van der Waals surface area contributed by atoms with Crippen LogP contribution in [0.15, 0.2) is 24.3 Å². The fourth-order valence-corrected chi connectivity index (χ4v) is 7.83. The van der Waals surface area contributed by atoms with Crippen LogP contribution in [-0.2, 0) is 44.0 Å². The van der Waals surface area contributed by atoms with Gasteiger partial charge in [0.25, 0.3) is 0 Å². The molecule has 4 unspecified atom stereocenters. The molecule has 3 N–H and O–H groups in total. The van der Waals surface area contributed by atoms with Crippen LogP contribution in [0, 0.1) is 22.7 Å². The van der Waals surface area contributed by atoms with Crippen molar-refractivity contribution in [1.82, 2.24) is 5.32 Å². The Balaban J connectivity index is 2.33. The minimum absolute atomic E-state index is 0.0183. The number of nitrogens with one attached hydrogen (secondary N) is 1. The van der Waals surface area contributed by atoms with Crippen molar-refractivity contribution in [3.63, 3.8) is 0 Å². The molecule has 2 aromatic carbocycles. The van der Waals surface area contributed by atoms with Gasteiger partial charge in [-0.2, -0.15) is 5.26 Å². The SMILES string of the molecule is CCC1(C)CC(OC(=O)C(C#N)(Cc2cc(C(C)(C)C)c(O)c(C(C)(C)C)c2)Cc2cc(C(C)(C)C)c(O)c(C(C)(C)C)c2)C(C)C(C)(CC)N1. The molecule has 6 heteroatoms. The Labute approximate surface area is 310 Å². The van der Waals surface area contributed by atoms with E-state index in [2.05, 4.69) is 129 Å². The van der Waals surface area contributed by atoms with Gasteiger partial charge in [-0.05, 0) is 81.7 Å². The summed E-state index contributed by atoms with van der Waals surface area (Å²) in [5.74, 6) is 0.0115. The maximum Gasteiger partial charge on any atom is 0.327 e. The number of carbonyl (C=O) groups is 1. The number of hydrogen-bond acceptors (Lipinski definition) is 6. The average Bonchev–Trinajstić information content (AvgIpc) is 2.98. The van der Waals surface area contributed by atoms with Gasteiger partial charge in [0.2, 0.25) is 0 Å². The number of piperidine rings is 1. The maximum atomic E-state index is 15.0. The summed E-state index contributed by atoms with van der Waals surface area (Å²) < 4.78 is 6.64. The van der Waals surface area contributed by atoms with Crippen molar-refractivity contribution in [2.24, 2.45) is 11.3 Å². The van der Waals surface area contributed by atoms with Crippen LogP contribution in [0.1, 0.15) is 170 Å².